The molecule has 1 rings (SSSR count). The number of nitrogens with two attached hydrogens (primary N) is 1. The Morgan fingerprint density at radius 3 is 2.91 bits per heavy atom. The summed E-state index contributed by atoms with van der Waals surface area (Å²) in [7, 11) is 0. The molecule has 0 aliphatic carbocycles. The lowest BCUT2D eigenvalue weighted by molar-refractivity contribution is 0.709. The van der Waals surface area contributed by atoms with Crippen molar-refractivity contribution in [1.82, 2.24) is 15.4 Å². The lowest BCUT2D eigenvalue weighted by Crippen LogP contribution is -2.11. The van der Waals surface area contributed by atoms with Crippen molar-refractivity contribution in [1.29, 1.82) is 5.26 Å². The van der Waals surface area contributed by atoms with Crippen molar-refractivity contribution in [2.75, 3.05) is 0 Å². The van der Waals surface area contributed by atoms with Gasteiger partial charge in [0.25, 0.3) is 0 Å². The van der Waals surface area contributed by atoms with E-state index in [1.54, 1.807) is 6.92 Å². The van der Waals surface area contributed by atoms with Crippen LogP contribution in [0.5, 0.6) is 0 Å². The maximum absolute atomic E-state index is 8.34. The Bertz CT molecular complexity index is 271. The highest BCUT2D eigenvalue weighted by Crippen LogP contribution is 2.11. The summed E-state index contributed by atoms with van der Waals surface area (Å²) in [5, 5.41) is 18.4. The van der Waals surface area contributed by atoms with Crippen molar-refractivity contribution >= 4 is 0 Å². The Morgan fingerprint density at radius 2 is 2.45 bits per heavy atom. The molecule has 0 amide bonds. The minimum absolute atomic E-state index is 0.271. The molecule has 1 atom stereocenters. The normalized spacial score (nSPS) is 12.5. The number of nitrogens with zero attached hydrogens (tertiary/aromatic N) is 3. The van der Waals surface area contributed by atoms with Crippen molar-refractivity contribution in [3.05, 3.63) is 11.4 Å². The molecule has 58 valence electrons. The van der Waals surface area contributed by atoms with E-state index >= 15 is 0 Å². The van der Waals surface area contributed by atoms with Crippen molar-refractivity contribution in [3.8, 4) is 6.07 Å². The molecule has 0 bridgehead atoms. The molecule has 0 saturated carbocycles. The van der Waals surface area contributed by atoms with E-state index in [9.17, 15) is 0 Å². The van der Waals surface area contributed by atoms with Crippen LogP contribution in [-0.4, -0.2) is 15.4 Å². The fourth-order valence-corrected chi connectivity index (χ4v) is 0.838. The van der Waals surface area contributed by atoms with Gasteiger partial charge in [-0.1, -0.05) is 0 Å². The van der Waals surface area contributed by atoms with Gasteiger partial charge in [0.2, 0.25) is 0 Å². The van der Waals surface area contributed by atoms with Gasteiger partial charge in [-0.05, 0) is 6.92 Å². The molecule has 0 fully saturated rings. The van der Waals surface area contributed by atoms with Gasteiger partial charge in [-0.3, -0.25) is 0 Å². The number of rotatable bonds is 2. The largest absolute Gasteiger partial charge is 0.322 e. The van der Waals surface area contributed by atoms with Crippen molar-refractivity contribution in [2.45, 2.75) is 19.4 Å². The highest BCUT2D eigenvalue weighted by atomic mass is 15.3. The van der Waals surface area contributed by atoms with Crippen LogP contribution in [0.15, 0.2) is 0 Å². The smallest absolute Gasteiger partial charge is 0.103 e. The molecule has 11 heavy (non-hydrogen) atoms. The number of nitriles is 1. The summed E-state index contributed by atoms with van der Waals surface area (Å²) in [6, 6.07) is 1.66. The van der Waals surface area contributed by atoms with Crippen LogP contribution < -0.4 is 5.73 Å². The van der Waals surface area contributed by atoms with Gasteiger partial charge in [0.1, 0.15) is 5.69 Å². The first kappa shape index (κ1) is 7.69. The van der Waals surface area contributed by atoms with Gasteiger partial charge in [-0.25, -0.2) is 0 Å². The fourth-order valence-electron chi connectivity index (χ4n) is 0.838. The van der Waals surface area contributed by atoms with E-state index in [1.807, 2.05) is 6.07 Å². The summed E-state index contributed by atoms with van der Waals surface area (Å²) < 4.78 is 0. The summed E-state index contributed by atoms with van der Waals surface area (Å²) in [5.74, 6) is 0. The summed E-state index contributed by atoms with van der Waals surface area (Å²) in [6.45, 7) is 1.80. The first-order chi connectivity index (χ1) is 5.25. The van der Waals surface area contributed by atoms with Gasteiger partial charge < -0.3 is 5.73 Å². The zero-order valence-corrected chi connectivity index (χ0v) is 6.20. The van der Waals surface area contributed by atoms with E-state index in [0.717, 1.165) is 5.69 Å². The Kier molecular flexibility index (Phi) is 2.18. The molecule has 1 aromatic rings. The van der Waals surface area contributed by atoms with Gasteiger partial charge >= 0.3 is 0 Å². The molecule has 0 aliphatic heterocycles. The first-order valence-corrected chi connectivity index (χ1v) is 3.25. The van der Waals surface area contributed by atoms with E-state index in [-0.39, 0.29) is 12.5 Å². The predicted molar refractivity (Wildman–Crippen MR) is 38.3 cm³/mol. The van der Waals surface area contributed by atoms with E-state index < -0.39 is 0 Å². The Balaban J connectivity index is 2.77. The number of hydrogen-bond acceptors (Lipinski definition) is 4. The Morgan fingerprint density at radius 1 is 1.73 bits per heavy atom. The maximum atomic E-state index is 8.34. The third kappa shape index (κ3) is 1.53. The SMILES string of the molecule is Cc1n[nH]nc1C(N)CC#N. The average Bonchev–Trinajstić information content (AvgIpc) is 2.36. The van der Waals surface area contributed by atoms with Gasteiger partial charge in [0, 0.05) is 0 Å². The zero-order chi connectivity index (χ0) is 8.27. The molecule has 0 spiro atoms. The summed E-state index contributed by atoms with van der Waals surface area (Å²) >= 11 is 0. The average molecular weight is 151 g/mol. The predicted octanol–water partition coefficient (Wildman–Crippen LogP) is 0.0266. The second kappa shape index (κ2) is 3.12. The second-order valence-corrected chi connectivity index (χ2v) is 2.26. The summed E-state index contributed by atoms with van der Waals surface area (Å²) in [6.07, 6.45) is 0.271. The van der Waals surface area contributed by atoms with Gasteiger partial charge in [0.15, 0.2) is 0 Å². The summed E-state index contributed by atoms with van der Waals surface area (Å²) in [4.78, 5) is 0. The van der Waals surface area contributed by atoms with Crippen molar-refractivity contribution in [3.63, 3.8) is 0 Å². The number of H-pyrrole nitrogens is 1. The maximum Gasteiger partial charge on any atom is 0.103 e. The molecule has 1 heterocycles. The van der Waals surface area contributed by atoms with Crippen LogP contribution >= 0.6 is 0 Å². The highest BCUT2D eigenvalue weighted by Gasteiger charge is 2.11. The quantitative estimate of drug-likeness (QED) is 0.623. The van der Waals surface area contributed by atoms with Crippen LogP contribution in [0.1, 0.15) is 23.9 Å². The molecule has 5 nitrogen and oxygen atoms in total. The van der Waals surface area contributed by atoms with Crippen LogP contribution in [0.2, 0.25) is 0 Å². The zero-order valence-electron chi connectivity index (χ0n) is 6.20. The van der Waals surface area contributed by atoms with Crippen LogP contribution in [0, 0.1) is 18.3 Å². The second-order valence-electron chi connectivity index (χ2n) is 2.26. The molecular weight excluding hydrogens is 142 g/mol. The molecule has 1 aromatic heterocycles. The van der Waals surface area contributed by atoms with Crippen molar-refractivity contribution < 1.29 is 0 Å². The lowest BCUT2D eigenvalue weighted by atomic mass is 10.1. The summed E-state index contributed by atoms with van der Waals surface area (Å²) in [5.41, 5.74) is 7.04. The fraction of sp³-hybridized carbons (Fsp3) is 0.500. The van der Waals surface area contributed by atoms with E-state index in [4.69, 9.17) is 11.0 Å². The van der Waals surface area contributed by atoms with Crippen LogP contribution in [0.3, 0.4) is 0 Å². The topological polar surface area (TPSA) is 91.4 Å². The van der Waals surface area contributed by atoms with Crippen LogP contribution in [0.25, 0.3) is 0 Å². The molecule has 0 aliphatic rings. The van der Waals surface area contributed by atoms with Gasteiger partial charge in [-0.15, -0.1) is 0 Å². The van der Waals surface area contributed by atoms with E-state index in [2.05, 4.69) is 15.4 Å². The Labute approximate surface area is 64.2 Å². The highest BCUT2D eigenvalue weighted by molar-refractivity contribution is 5.11. The minimum Gasteiger partial charge on any atom is -0.322 e. The van der Waals surface area contributed by atoms with E-state index in [0.29, 0.717) is 5.69 Å². The van der Waals surface area contributed by atoms with Crippen LogP contribution in [-0.2, 0) is 0 Å². The molecule has 0 aromatic carbocycles. The molecule has 1 unspecified atom stereocenters. The number of aryl methyl sites for hydroxylation is 1. The molecule has 5 heteroatoms. The molecular formula is C6H9N5. The third-order valence-electron chi connectivity index (χ3n) is 1.42. The number of aromatic nitrogens is 3. The number of nitrogens with one attached hydrogen (secondary N) is 1. The minimum atomic E-state index is -0.321. The third-order valence-corrected chi connectivity index (χ3v) is 1.42. The molecule has 3 N–H and O–H groups in total. The number of aromatic amines is 1. The van der Waals surface area contributed by atoms with Crippen LogP contribution in [0.4, 0.5) is 0 Å². The molecule has 0 radical (unpaired) electrons. The van der Waals surface area contributed by atoms with Gasteiger partial charge in [-0.2, -0.15) is 20.7 Å². The number of hydrogen-bond donors (Lipinski definition) is 2. The monoisotopic (exact) mass is 151 g/mol. The Hall–Kier alpha value is -1.41. The van der Waals surface area contributed by atoms with Gasteiger partial charge in [0.05, 0.1) is 24.2 Å². The standard InChI is InChI=1S/C6H9N5/c1-4-6(10-11-9-4)5(8)2-3-7/h5H,2,8H2,1H3,(H,9,10,11). The molecule has 0 saturated heterocycles. The van der Waals surface area contributed by atoms with E-state index in [1.165, 1.54) is 0 Å². The first-order valence-electron chi connectivity index (χ1n) is 3.25. The lowest BCUT2D eigenvalue weighted by Gasteiger charge is -2.01. The van der Waals surface area contributed by atoms with Crippen molar-refractivity contribution in [2.24, 2.45) is 5.73 Å².